The van der Waals surface area contributed by atoms with E-state index in [1.165, 1.54) is 12.1 Å². The summed E-state index contributed by atoms with van der Waals surface area (Å²) in [4.78, 5) is 38.2. The highest BCUT2D eigenvalue weighted by atomic mass is 19.1. The molecule has 8 nitrogen and oxygen atoms in total. The maximum Gasteiger partial charge on any atom is 0.275 e. The molecule has 1 spiro atoms. The van der Waals surface area contributed by atoms with Gasteiger partial charge in [-0.25, -0.2) is 13.8 Å². The van der Waals surface area contributed by atoms with Crippen LogP contribution >= 0.6 is 0 Å². The van der Waals surface area contributed by atoms with E-state index in [9.17, 15) is 18.4 Å². The molecule has 0 aromatic heterocycles. The fourth-order valence-electron chi connectivity index (χ4n) is 6.45. The van der Waals surface area contributed by atoms with Crippen LogP contribution in [0.4, 0.5) is 8.78 Å². The fourth-order valence-corrected chi connectivity index (χ4v) is 6.45. The molecule has 2 aliphatic heterocycles. The minimum atomic E-state index is -0.797. The number of nitrogens with one attached hydrogen (secondary N) is 1. The molecule has 3 aliphatic rings. The van der Waals surface area contributed by atoms with Crippen LogP contribution in [0, 0.1) is 29.4 Å². The van der Waals surface area contributed by atoms with E-state index in [1.807, 2.05) is 17.0 Å². The van der Waals surface area contributed by atoms with Crippen LogP contribution in [-0.2, 0) is 4.79 Å². The molecule has 2 aromatic carbocycles. The summed E-state index contributed by atoms with van der Waals surface area (Å²) in [7, 11) is 0. The quantitative estimate of drug-likeness (QED) is 0.327. The van der Waals surface area contributed by atoms with Gasteiger partial charge in [0.05, 0.1) is 12.6 Å². The van der Waals surface area contributed by atoms with E-state index in [2.05, 4.69) is 48.2 Å². The number of hydrogen-bond acceptors (Lipinski definition) is 6. The van der Waals surface area contributed by atoms with E-state index in [4.69, 9.17) is 4.99 Å². The third-order valence-corrected chi connectivity index (χ3v) is 8.90. The van der Waals surface area contributed by atoms with Crippen molar-refractivity contribution in [3.05, 3.63) is 70.8 Å². The average molecular weight is 591 g/mol. The Morgan fingerprint density at radius 1 is 1.02 bits per heavy atom. The molecule has 1 N–H and O–H groups in total. The van der Waals surface area contributed by atoms with E-state index in [-0.39, 0.29) is 42.3 Å². The van der Waals surface area contributed by atoms with Gasteiger partial charge in [-0.1, -0.05) is 39.8 Å². The molecule has 1 saturated carbocycles. The largest absolute Gasteiger partial charge is 0.345 e. The summed E-state index contributed by atoms with van der Waals surface area (Å²) in [6.45, 7) is 9.21. The number of carbonyl (C=O) groups excluding carboxylic acids is 2. The third-order valence-electron chi connectivity index (χ3n) is 8.90. The Kier molecular flexibility index (Phi) is 9.13. The number of amides is 2. The molecule has 0 saturated heterocycles. The van der Waals surface area contributed by atoms with Crippen LogP contribution in [-0.4, -0.2) is 47.1 Å². The summed E-state index contributed by atoms with van der Waals surface area (Å²) in [6, 6.07) is 10.2. The smallest absolute Gasteiger partial charge is 0.275 e. The first kappa shape index (κ1) is 30.6. The zero-order chi connectivity index (χ0) is 30.7. The number of aliphatic imine (C=N–C) groups is 2. The number of amidine groups is 1. The first-order valence-electron chi connectivity index (χ1n) is 15.3. The first-order valence-corrected chi connectivity index (χ1v) is 15.3. The van der Waals surface area contributed by atoms with E-state index in [0.29, 0.717) is 48.4 Å². The zero-order valence-corrected chi connectivity index (χ0v) is 25.3. The SMILES string of the molecule is CC(C)CC[C@H](c1ccc(C(=O)NCC2=NCN=N2)cc1)N1C(=O)C(c2cc(F)cc(F)c2)=NC12CCC(C(C)C)CC2. The van der Waals surface area contributed by atoms with Crippen LogP contribution in [0.2, 0.25) is 0 Å². The second-order valence-corrected chi connectivity index (χ2v) is 12.6. The molecule has 1 atom stereocenters. The summed E-state index contributed by atoms with van der Waals surface area (Å²) in [5, 5.41) is 10.5. The number of hydrogen-bond donors (Lipinski definition) is 1. The lowest BCUT2D eigenvalue weighted by Crippen LogP contribution is -2.51. The van der Waals surface area contributed by atoms with Gasteiger partial charge in [-0.3, -0.25) is 14.6 Å². The molecule has 1 fully saturated rings. The molecule has 1 aliphatic carbocycles. The summed E-state index contributed by atoms with van der Waals surface area (Å²) >= 11 is 0. The summed E-state index contributed by atoms with van der Waals surface area (Å²) in [5.74, 6) is -0.127. The molecule has 228 valence electrons. The van der Waals surface area contributed by atoms with Crippen LogP contribution in [0.1, 0.15) is 93.7 Å². The molecular formula is C33H40F2N6O2. The standard InChI is InChI=1S/C33H40F2N6O2/c1-20(2)5-10-28(23-6-8-24(9-7-23)31(42)36-18-29-37-19-38-40-29)41-32(43)30(25-15-26(34)17-27(35)16-25)39-33(41)13-11-22(12-14-33)21(3)4/h6-9,15-17,20-22,28H,5,10-14,18-19H2,1-4H3,(H,36,42)/t22?,28-,33?/m1/s1. The Hall–Kier alpha value is -3.82. The second kappa shape index (κ2) is 12.8. The highest BCUT2D eigenvalue weighted by molar-refractivity contribution is 6.46. The lowest BCUT2D eigenvalue weighted by Gasteiger charge is -2.46. The number of halogens is 2. The number of benzene rings is 2. The van der Waals surface area contributed by atoms with Crippen molar-refractivity contribution in [2.75, 3.05) is 13.2 Å². The lowest BCUT2D eigenvalue weighted by molar-refractivity contribution is -0.133. The number of nitrogens with zero attached hydrogens (tertiary/aromatic N) is 5. The first-order chi connectivity index (χ1) is 20.6. The van der Waals surface area contributed by atoms with Gasteiger partial charge in [-0.2, -0.15) is 5.11 Å². The Morgan fingerprint density at radius 2 is 1.70 bits per heavy atom. The van der Waals surface area contributed by atoms with Crippen molar-refractivity contribution < 1.29 is 18.4 Å². The van der Waals surface area contributed by atoms with Crippen molar-refractivity contribution in [1.29, 1.82) is 0 Å². The Labute approximate surface area is 251 Å². The normalized spacial score (nSPS) is 22.5. The topological polar surface area (TPSA) is 98.9 Å². The van der Waals surface area contributed by atoms with Gasteiger partial charge >= 0.3 is 0 Å². The maximum atomic E-state index is 14.3. The van der Waals surface area contributed by atoms with Gasteiger partial charge < -0.3 is 10.2 Å². The highest BCUT2D eigenvalue weighted by Crippen LogP contribution is 2.48. The lowest BCUT2D eigenvalue weighted by atomic mass is 9.75. The van der Waals surface area contributed by atoms with Crippen molar-refractivity contribution in [2.45, 2.75) is 77.9 Å². The molecule has 43 heavy (non-hydrogen) atoms. The summed E-state index contributed by atoms with van der Waals surface area (Å²) in [6.07, 6.45) is 4.75. The van der Waals surface area contributed by atoms with Crippen molar-refractivity contribution in [1.82, 2.24) is 10.2 Å². The minimum Gasteiger partial charge on any atom is -0.345 e. The molecule has 2 aromatic rings. The third kappa shape index (κ3) is 6.73. The van der Waals surface area contributed by atoms with E-state index in [0.717, 1.165) is 30.9 Å². The van der Waals surface area contributed by atoms with E-state index in [1.54, 1.807) is 12.1 Å². The zero-order valence-electron chi connectivity index (χ0n) is 25.3. The molecule has 10 heteroatoms. The van der Waals surface area contributed by atoms with Gasteiger partial charge in [-0.15, -0.1) is 5.11 Å². The monoisotopic (exact) mass is 590 g/mol. The van der Waals surface area contributed by atoms with Crippen molar-refractivity contribution in [2.24, 2.45) is 38.0 Å². The molecule has 2 heterocycles. The molecule has 0 radical (unpaired) electrons. The van der Waals surface area contributed by atoms with Gasteiger partial charge in [0.15, 0.2) is 12.5 Å². The number of rotatable bonds is 10. The highest BCUT2D eigenvalue weighted by Gasteiger charge is 2.52. The number of carbonyl (C=O) groups is 2. The average Bonchev–Trinajstić information content (AvgIpc) is 3.59. The Bertz CT molecular complexity index is 1420. The molecule has 5 rings (SSSR count). The van der Waals surface area contributed by atoms with Crippen LogP contribution < -0.4 is 5.32 Å². The van der Waals surface area contributed by atoms with Crippen LogP contribution in [0.5, 0.6) is 0 Å². The second-order valence-electron chi connectivity index (χ2n) is 12.6. The molecular weight excluding hydrogens is 550 g/mol. The van der Waals surface area contributed by atoms with Crippen molar-refractivity contribution in [3.8, 4) is 0 Å². The molecule has 0 bridgehead atoms. The van der Waals surface area contributed by atoms with Gasteiger partial charge in [0.1, 0.15) is 23.0 Å². The van der Waals surface area contributed by atoms with E-state index < -0.39 is 17.3 Å². The predicted molar refractivity (Wildman–Crippen MR) is 162 cm³/mol. The summed E-state index contributed by atoms with van der Waals surface area (Å²) < 4.78 is 28.6. The van der Waals surface area contributed by atoms with Crippen molar-refractivity contribution >= 4 is 23.4 Å². The predicted octanol–water partition coefficient (Wildman–Crippen LogP) is 6.87. The van der Waals surface area contributed by atoms with E-state index >= 15 is 0 Å². The summed E-state index contributed by atoms with van der Waals surface area (Å²) in [5.41, 5.74) is 0.852. The van der Waals surface area contributed by atoms with Gasteiger partial charge in [-0.05, 0) is 86.1 Å². The minimum absolute atomic E-state index is 0.110. The van der Waals surface area contributed by atoms with Crippen LogP contribution in [0.25, 0.3) is 0 Å². The number of azo groups is 1. The van der Waals surface area contributed by atoms with Gasteiger partial charge in [0.25, 0.3) is 11.8 Å². The van der Waals surface area contributed by atoms with Crippen LogP contribution in [0.3, 0.4) is 0 Å². The van der Waals surface area contributed by atoms with Crippen molar-refractivity contribution in [3.63, 3.8) is 0 Å². The molecule has 2 amide bonds. The van der Waals surface area contributed by atoms with Crippen LogP contribution in [0.15, 0.2) is 62.7 Å². The fraction of sp³-hybridized carbons (Fsp3) is 0.515. The van der Waals surface area contributed by atoms with Gasteiger partial charge in [0, 0.05) is 17.2 Å². The Balaban J connectivity index is 1.48. The molecule has 0 unspecified atom stereocenters. The Morgan fingerprint density at radius 3 is 2.28 bits per heavy atom. The maximum absolute atomic E-state index is 14.3. The van der Waals surface area contributed by atoms with Gasteiger partial charge in [0.2, 0.25) is 0 Å².